The smallest absolute Gasteiger partial charge is 0.293 e. The minimum atomic E-state index is -4.97. The van der Waals surface area contributed by atoms with Gasteiger partial charge in [0.15, 0.2) is 11.6 Å². The maximum absolute atomic E-state index is 13.2. The average Bonchev–Trinajstić information content (AvgIpc) is 2.26. The van der Waals surface area contributed by atoms with E-state index in [1.807, 2.05) is 0 Å². The highest BCUT2D eigenvalue weighted by molar-refractivity contribution is 6.30. The normalized spacial score (nSPS) is 11.1. The zero-order valence-electron chi connectivity index (χ0n) is 8.11. The molecule has 0 radical (unpaired) electrons. The topological polar surface area (TPSA) is 40.9 Å². The highest BCUT2D eigenvalue weighted by Crippen LogP contribution is 2.33. The van der Waals surface area contributed by atoms with Crippen molar-refractivity contribution in [2.45, 2.75) is 6.18 Å². The third-order valence-corrected chi connectivity index (χ3v) is 2.18. The zero-order valence-corrected chi connectivity index (χ0v) is 8.86. The zero-order chi connectivity index (χ0) is 13.2. The number of benzene rings is 1. The van der Waals surface area contributed by atoms with Gasteiger partial charge in [-0.1, -0.05) is 0 Å². The number of Topliss-reactive ketones (excluding diaryl/α,β-unsaturated/α-hetero) is 1. The number of carbonyl (C=O) groups is 1. The van der Waals surface area contributed by atoms with Crippen LogP contribution in [0.5, 0.6) is 0 Å². The Kier molecular flexibility index (Phi) is 3.73. The Morgan fingerprint density at radius 2 is 2.00 bits per heavy atom. The molecule has 1 aromatic rings. The predicted molar refractivity (Wildman–Crippen MR) is 51.2 cm³/mol. The second-order valence-corrected chi connectivity index (χ2v) is 3.32. The number of halogens is 5. The standard InChI is InChI=1S/C10H4ClF4NO/c11-3-8(17)5-1-6(4-16)9(12)7(2-5)10(13,14)15/h1-2H,3H2. The predicted octanol–water partition coefficient (Wildman–Crippen LogP) is 3.14. The fourth-order valence-corrected chi connectivity index (χ4v) is 1.30. The molecule has 0 aromatic heterocycles. The monoisotopic (exact) mass is 265 g/mol. The molecule has 0 unspecified atom stereocenters. The van der Waals surface area contributed by atoms with E-state index in [1.165, 1.54) is 6.07 Å². The maximum atomic E-state index is 13.2. The molecule has 0 atom stereocenters. The SMILES string of the molecule is N#Cc1cc(C(=O)CCl)cc(C(F)(F)F)c1F. The van der Waals surface area contributed by atoms with Crippen molar-refractivity contribution in [2.75, 3.05) is 5.88 Å². The van der Waals surface area contributed by atoms with Crippen LogP contribution in [0.15, 0.2) is 12.1 Å². The van der Waals surface area contributed by atoms with Crippen molar-refractivity contribution in [1.82, 2.24) is 0 Å². The van der Waals surface area contributed by atoms with Gasteiger partial charge < -0.3 is 0 Å². The molecular weight excluding hydrogens is 262 g/mol. The van der Waals surface area contributed by atoms with Crippen molar-refractivity contribution in [3.8, 4) is 6.07 Å². The summed E-state index contributed by atoms with van der Waals surface area (Å²) in [5.74, 6) is -3.05. The van der Waals surface area contributed by atoms with Crippen LogP contribution in [0.2, 0.25) is 0 Å². The molecule has 1 aromatic carbocycles. The number of carbonyl (C=O) groups excluding carboxylic acids is 1. The van der Waals surface area contributed by atoms with Gasteiger partial charge in [0.25, 0.3) is 0 Å². The summed E-state index contributed by atoms with van der Waals surface area (Å²) in [6.45, 7) is 0. The van der Waals surface area contributed by atoms with E-state index in [0.29, 0.717) is 6.07 Å². The summed E-state index contributed by atoms with van der Waals surface area (Å²) in [6, 6.07) is 2.35. The van der Waals surface area contributed by atoms with Crippen LogP contribution >= 0.6 is 11.6 Å². The molecule has 0 spiro atoms. The van der Waals surface area contributed by atoms with E-state index in [2.05, 4.69) is 0 Å². The molecule has 0 fully saturated rings. The van der Waals surface area contributed by atoms with Crippen LogP contribution in [0.4, 0.5) is 17.6 Å². The van der Waals surface area contributed by atoms with Crippen LogP contribution in [0.1, 0.15) is 21.5 Å². The molecule has 0 saturated carbocycles. The molecule has 0 N–H and O–H groups in total. The van der Waals surface area contributed by atoms with Gasteiger partial charge in [0.1, 0.15) is 6.07 Å². The van der Waals surface area contributed by atoms with Crippen LogP contribution in [-0.2, 0) is 6.18 Å². The van der Waals surface area contributed by atoms with E-state index >= 15 is 0 Å². The highest BCUT2D eigenvalue weighted by Gasteiger charge is 2.36. The summed E-state index contributed by atoms with van der Waals surface area (Å²) in [5, 5.41) is 8.49. The molecule has 90 valence electrons. The van der Waals surface area contributed by atoms with Gasteiger partial charge in [-0.2, -0.15) is 18.4 Å². The van der Waals surface area contributed by atoms with Crippen LogP contribution in [0.3, 0.4) is 0 Å². The fraction of sp³-hybridized carbons (Fsp3) is 0.200. The lowest BCUT2D eigenvalue weighted by molar-refractivity contribution is -0.140. The molecule has 0 aliphatic rings. The van der Waals surface area contributed by atoms with E-state index in [0.717, 1.165) is 6.07 Å². The third kappa shape index (κ3) is 2.74. The number of ketones is 1. The second kappa shape index (κ2) is 4.72. The van der Waals surface area contributed by atoms with Crippen LogP contribution in [-0.4, -0.2) is 11.7 Å². The van der Waals surface area contributed by atoms with E-state index in [1.54, 1.807) is 0 Å². The van der Waals surface area contributed by atoms with Crippen LogP contribution in [0, 0.1) is 17.1 Å². The first-order chi connectivity index (χ1) is 7.81. The van der Waals surface area contributed by atoms with E-state index < -0.39 is 40.3 Å². The number of alkyl halides is 4. The third-order valence-electron chi connectivity index (χ3n) is 1.94. The van der Waals surface area contributed by atoms with Crippen molar-refractivity contribution in [2.24, 2.45) is 0 Å². The molecule has 0 bridgehead atoms. The Hall–Kier alpha value is -1.61. The van der Waals surface area contributed by atoms with Crippen molar-refractivity contribution in [3.63, 3.8) is 0 Å². The van der Waals surface area contributed by atoms with Gasteiger partial charge in [-0.25, -0.2) is 4.39 Å². The highest BCUT2D eigenvalue weighted by atomic mass is 35.5. The lowest BCUT2D eigenvalue weighted by Gasteiger charge is -2.10. The summed E-state index contributed by atoms with van der Waals surface area (Å²) >= 11 is 5.18. The Bertz CT molecular complexity index is 504. The summed E-state index contributed by atoms with van der Waals surface area (Å²) in [7, 11) is 0. The first kappa shape index (κ1) is 13.5. The lowest BCUT2D eigenvalue weighted by atomic mass is 10.0. The summed E-state index contributed by atoms with van der Waals surface area (Å²) < 4.78 is 50.5. The second-order valence-electron chi connectivity index (χ2n) is 3.05. The van der Waals surface area contributed by atoms with Crippen molar-refractivity contribution in [1.29, 1.82) is 5.26 Å². The summed E-state index contributed by atoms with van der Waals surface area (Å²) in [6.07, 6.45) is -4.97. The minimum Gasteiger partial charge on any atom is -0.293 e. The van der Waals surface area contributed by atoms with Crippen molar-refractivity contribution >= 4 is 17.4 Å². The number of rotatable bonds is 2. The molecule has 0 saturated heterocycles. The Morgan fingerprint density at radius 3 is 2.41 bits per heavy atom. The molecule has 1 rings (SSSR count). The largest absolute Gasteiger partial charge is 0.419 e. The van der Waals surface area contributed by atoms with Gasteiger partial charge in [-0.3, -0.25) is 4.79 Å². The average molecular weight is 266 g/mol. The van der Waals surface area contributed by atoms with Gasteiger partial charge >= 0.3 is 6.18 Å². The lowest BCUT2D eigenvalue weighted by Crippen LogP contribution is -2.12. The molecule has 0 aliphatic heterocycles. The van der Waals surface area contributed by atoms with Gasteiger partial charge in [0.2, 0.25) is 0 Å². The van der Waals surface area contributed by atoms with Gasteiger partial charge in [0.05, 0.1) is 17.0 Å². The molecule has 2 nitrogen and oxygen atoms in total. The molecular formula is C10H4ClF4NO. The molecule has 17 heavy (non-hydrogen) atoms. The summed E-state index contributed by atoms with van der Waals surface area (Å²) in [5.41, 5.74) is -2.93. The number of nitrogens with zero attached hydrogens (tertiary/aromatic N) is 1. The Morgan fingerprint density at radius 1 is 1.41 bits per heavy atom. The van der Waals surface area contributed by atoms with E-state index in [9.17, 15) is 22.4 Å². The fourth-order valence-electron chi connectivity index (χ4n) is 1.15. The number of nitriles is 1. The molecule has 7 heteroatoms. The van der Waals surface area contributed by atoms with Gasteiger partial charge in [0, 0.05) is 5.56 Å². The van der Waals surface area contributed by atoms with Crippen molar-refractivity contribution < 1.29 is 22.4 Å². The van der Waals surface area contributed by atoms with Gasteiger partial charge in [-0.05, 0) is 12.1 Å². The Balaban J connectivity index is 3.51. The number of hydrogen-bond donors (Lipinski definition) is 0. The maximum Gasteiger partial charge on any atom is 0.419 e. The molecule has 0 amide bonds. The van der Waals surface area contributed by atoms with Crippen LogP contribution in [0.25, 0.3) is 0 Å². The van der Waals surface area contributed by atoms with E-state index in [4.69, 9.17) is 16.9 Å². The first-order valence-corrected chi connectivity index (χ1v) is 4.74. The Labute approximate surface area is 98.4 Å². The minimum absolute atomic E-state index is 0.348. The van der Waals surface area contributed by atoms with E-state index in [-0.39, 0.29) is 0 Å². The molecule has 0 aliphatic carbocycles. The first-order valence-electron chi connectivity index (χ1n) is 4.21. The molecule has 0 heterocycles. The van der Waals surface area contributed by atoms with Gasteiger partial charge in [-0.15, -0.1) is 11.6 Å². The van der Waals surface area contributed by atoms with Crippen molar-refractivity contribution in [3.05, 3.63) is 34.6 Å². The quantitative estimate of drug-likeness (QED) is 0.468. The number of hydrogen-bond acceptors (Lipinski definition) is 2. The van der Waals surface area contributed by atoms with Crippen LogP contribution < -0.4 is 0 Å². The summed E-state index contributed by atoms with van der Waals surface area (Å²) in [4.78, 5) is 11.1.